The van der Waals surface area contributed by atoms with Crippen LogP contribution in [0.2, 0.25) is 0 Å². The Morgan fingerprint density at radius 1 is 1.15 bits per heavy atom. The van der Waals surface area contributed by atoms with Crippen molar-refractivity contribution >= 4 is 34.2 Å². The molecule has 2 amide bonds. The molecule has 27 heavy (non-hydrogen) atoms. The molecule has 0 bridgehead atoms. The molecule has 1 aromatic heterocycles. The van der Waals surface area contributed by atoms with E-state index in [0.717, 1.165) is 22.3 Å². The minimum absolute atomic E-state index is 0.0755. The zero-order valence-corrected chi connectivity index (χ0v) is 15.4. The van der Waals surface area contributed by atoms with Crippen molar-refractivity contribution in [2.75, 3.05) is 16.8 Å². The lowest BCUT2D eigenvalue weighted by molar-refractivity contribution is -0.125. The molecule has 4 rings (SSSR count). The second-order valence-electron chi connectivity index (χ2n) is 6.80. The van der Waals surface area contributed by atoms with Crippen LogP contribution in [0.5, 0.6) is 5.75 Å². The number of hydrogen-bond donors (Lipinski definition) is 1. The lowest BCUT2D eigenvalue weighted by Gasteiger charge is -2.33. The van der Waals surface area contributed by atoms with Crippen LogP contribution in [0.4, 0.5) is 11.4 Å². The molecule has 1 unspecified atom stereocenters. The summed E-state index contributed by atoms with van der Waals surface area (Å²) in [6.07, 6.45) is 0. The fourth-order valence-corrected chi connectivity index (χ4v) is 3.32. The maximum absolute atomic E-state index is 12.8. The van der Waals surface area contributed by atoms with Gasteiger partial charge >= 0.3 is 0 Å². The van der Waals surface area contributed by atoms with Gasteiger partial charge in [0.2, 0.25) is 5.91 Å². The van der Waals surface area contributed by atoms with E-state index in [1.165, 1.54) is 4.90 Å². The number of aryl methyl sites for hydroxylation is 2. The van der Waals surface area contributed by atoms with E-state index in [1.807, 2.05) is 50.2 Å². The molecule has 1 N–H and O–H groups in total. The molecule has 1 atom stereocenters. The molecule has 3 aromatic rings. The van der Waals surface area contributed by atoms with Gasteiger partial charge in [0.15, 0.2) is 6.61 Å². The predicted molar refractivity (Wildman–Crippen MR) is 103 cm³/mol. The smallest absolute Gasteiger partial charge is 0.265 e. The van der Waals surface area contributed by atoms with Crippen molar-refractivity contribution in [3.05, 3.63) is 53.8 Å². The summed E-state index contributed by atoms with van der Waals surface area (Å²) in [7, 11) is 0. The van der Waals surface area contributed by atoms with E-state index in [9.17, 15) is 9.59 Å². The van der Waals surface area contributed by atoms with Crippen LogP contribution < -0.4 is 15.0 Å². The third-order valence-electron chi connectivity index (χ3n) is 4.67. The van der Waals surface area contributed by atoms with Gasteiger partial charge in [0.25, 0.3) is 5.91 Å². The Balaban J connectivity index is 1.60. The number of ether oxygens (including phenoxy) is 1. The molecule has 0 saturated carbocycles. The van der Waals surface area contributed by atoms with Gasteiger partial charge in [-0.1, -0.05) is 6.07 Å². The van der Waals surface area contributed by atoms with Gasteiger partial charge in [-0.3, -0.25) is 14.5 Å². The van der Waals surface area contributed by atoms with E-state index in [-0.39, 0.29) is 18.4 Å². The van der Waals surface area contributed by atoms with Crippen molar-refractivity contribution in [3.63, 3.8) is 0 Å². The zero-order valence-electron chi connectivity index (χ0n) is 15.4. The van der Waals surface area contributed by atoms with Crippen molar-refractivity contribution in [1.82, 2.24) is 0 Å². The van der Waals surface area contributed by atoms with Crippen LogP contribution in [-0.2, 0) is 9.59 Å². The molecule has 0 fully saturated rings. The highest BCUT2D eigenvalue weighted by Gasteiger charge is 2.33. The van der Waals surface area contributed by atoms with E-state index in [4.69, 9.17) is 9.15 Å². The molecule has 2 heterocycles. The molecule has 6 heteroatoms. The van der Waals surface area contributed by atoms with Crippen LogP contribution in [0.3, 0.4) is 0 Å². The first kappa shape index (κ1) is 17.1. The van der Waals surface area contributed by atoms with Gasteiger partial charge in [0.05, 0.1) is 5.69 Å². The van der Waals surface area contributed by atoms with E-state index >= 15 is 0 Å². The number of rotatable bonds is 3. The number of amides is 2. The number of hydrogen-bond acceptors (Lipinski definition) is 4. The minimum atomic E-state index is -0.677. The molecule has 0 aliphatic carbocycles. The summed E-state index contributed by atoms with van der Waals surface area (Å²) in [6.45, 7) is 5.45. The Bertz CT molecular complexity index is 1050. The first-order valence-electron chi connectivity index (χ1n) is 8.79. The number of anilines is 2. The van der Waals surface area contributed by atoms with E-state index in [2.05, 4.69) is 5.32 Å². The molecule has 138 valence electrons. The lowest BCUT2D eigenvalue weighted by atomic mass is 10.1. The summed E-state index contributed by atoms with van der Waals surface area (Å²) in [5.74, 6) is 0.914. The fourth-order valence-electron chi connectivity index (χ4n) is 3.32. The van der Waals surface area contributed by atoms with E-state index in [1.54, 1.807) is 13.0 Å². The summed E-state index contributed by atoms with van der Waals surface area (Å²) in [5.41, 5.74) is 3.04. The van der Waals surface area contributed by atoms with Crippen LogP contribution in [-0.4, -0.2) is 24.5 Å². The van der Waals surface area contributed by atoms with Crippen LogP contribution in [0.1, 0.15) is 18.2 Å². The number of nitrogens with zero attached hydrogens (tertiary/aromatic N) is 1. The number of carbonyl (C=O) groups excluding carboxylic acids is 2. The van der Waals surface area contributed by atoms with Crippen molar-refractivity contribution in [1.29, 1.82) is 0 Å². The summed E-state index contributed by atoms with van der Waals surface area (Å²) in [5, 5.41) is 3.81. The maximum atomic E-state index is 12.8. The number of nitrogens with one attached hydrogen (secondary N) is 1. The first-order chi connectivity index (χ1) is 12.9. The van der Waals surface area contributed by atoms with Crippen LogP contribution >= 0.6 is 0 Å². The Hall–Kier alpha value is -3.28. The summed E-state index contributed by atoms with van der Waals surface area (Å²) in [4.78, 5) is 26.8. The second kappa shape index (κ2) is 6.46. The molecular weight excluding hydrogens is 344 g/mol. The minimum Gasteiger partial charge on any atom is -0.482 e. The summed E-state index contributed by atoms with van der Waals surface area (Å²) >= 11 is 0. The van der Waals surface area contributed by atoms with Gasteiger partial charge in [-0.15, -0.1) is 0 Å². The van der Waals surface area contributed by atoms with Crippen molar-refractivity contribution < 1.29 is 18.7 Å². The summed E-state index contributed by atoms with van der Waals surface area (Å²) < 4.78 is 11.0. The Morgan fingerprint density at radius 2 is 1.96 bits per heavy atom. The van der Waals surface area contributed by atoms with Crippen molar-refractivity contribution in [3.8, 4) is 5.75 Å². The molecule has 0 radical (unpaired) electrons. The highest BCUT2D eigenvalue weighted by atomic mass is 16.5. The SMILES string of the molecule is Cc1ccc2c(c1)N(C(C)C(=O)Nc1ccc3oc(C)cc3c1)C(=O)CO2. The Morgan fingerprint density at radius 3 is 2.78 bits per heavy atom. The predicted octanol–water partition coefficient (Wildman–Crippen LogP) is 3.80. The highest BCUT2D eigenvalue weighted by molar-refractivity contribution is 6.07. The normalized spacial score (nSPS) is 14.6. The molecule has 0 saturated heterocycles. The van der Waals surface area contributed by atoms with Gasteiger partial charge in [-0.25, -0.2) is 0 Å². The number of benzene rings is 2. The molecule has 1 aliphatic rings. The molecular formula is C21H20N2O4. The fraction of sp³-hybridized carbons (Fsp3) is 0.238. The average molecular weight is 364 g/mol. The van der Waals surface area contributed by atoms with Crippen LogP contribution in [0, 0.1) is 13.8 Å². The zero-order chi connectivity index (χ0) is 19.1. The topological polar surface area (TPSA) is 71.8 Å². The first-order valence-corrected chi connectivity index (χ1v) is 8.79. The largest absolute Gasteiger partial charge is 0.482 e. The number of carbonyl (C=O) groups is 2. The molecule has 0 spiro atoms. The quantitative estimate of drug-likeness (QED) is 0.767. The van der Waals surface area contributed by atoms with Crippen molar-refractivity contribution in [2.24, 2.45) is 0 Å². The summed E-state index contributed by atoms with van der Waals surface area (Å²) in [6, 6.07) is 12.3. The molecule has 2 aromatic carbocycles. The number of fused-ring (bicyclic) bond motifs is 2. The average Bonchev–Trinajstić information content (AvgIpc) is 3.00. The second-order valence-corrected chi connectivity index (χ2v) is 6.80. The third-order valence-corrected chi connectivity index (χ3v) is 4.67. The maximum Gasteiger partial charge on any atom is 0.265 e. The van der Waals surface area contributed by atoms with Gasteiger partial charge in [0.1, 0.15) is 23.1 Å². The van der Waals surface area contributed by atoms with Gasteiger partial charge < -0.3 is 14.5 Å². The van der Waals surface area contributed by atoms with Gasteiger partial charge in [-0.2, -0.15) is 0 Å². The Kier molecular flexibility index (Phi) is 4.11. The van der Waals surface area contributed by atoms with E-state index in [0.29, 0.717) is 17.1 Å². The number of furan rings is 1. The Labute approximate surface area is 156 Å². The molecule has 1 aliphatic heterocycles. The monoisotopic (exact) mass is 364 g/mol. The van der Waals surface area contributed by atoms with Crippen LogP contribution in [0.25, 0.3) is 11.0 Å². The van der Waals surface area contributed by atoms with Gasteiger partial charge in [-0.05, 0) is 62.7 Å². The lowest BCUT2D eigenvalue weighted by Crippen LogP contribution is -2.49. The van der Waals surface area contributed by atoms with E-state index < -0.39 is 6.04 Å². The van der Waals surface area contributed by atoms with Crippen LogP contribution in [0.15, 0.2) is 46.9 Å². The van der Waals surface area contributed by atoms with Gasteiger partial charge in [0, 0.05) is 11.1 Å². The highest BCUT2D eigenvalue weighted by Crippen LogP contribution is 2.34. The standard InChI is InChI=1S/C21H20N2O4/c1-12-4-6-19-17(8-12)23(20(24)11-26-19)14(3)21(25)22-16-5-7-18-15(10-16)9-13(2)27-18/h4-10,14H,11H2,1-3H3,(H,22,25). The van der Waals surface area contributed by atoms with Crippen molar-refractivity contribution in [2.45, 2.75) is 26.8 Å². The molecule has 6 nitrogen and oxygen atoms in total. The third kappa shape index (κ3) is 3.14.